The van der Waals surface area contributed by atoms with Crippen molar-refractivity contribution in [1.29, 1.82) is 0 Å². The minimum atomic E-state index is 0.865. The molecule has 2 aromatic heterocycles. The molecule has 0 radical (unpaired) electrons. The number of fused-ring (bicyclic) bond motifs is 2. The van der Waals surface area contributed by atoms with Crippen LogP contribution in [0.15, 0.2) is 42.6 Å². The van der Waals surface area contributed by atoms with E-state index in [0.29, 0.717) is 0 Å². The van der Waals surface area contributed by atoms with Gasteiger partial charge in [0.05, 0.1) is 11.7 Å². The summed E-state index contributed by atoms with van der Waals surface area (Å²) in [5.74, 6) is 0. The van der Waals surface area contributed by atoms with Gasteiger partial charge in [0.15, 0.2) is 0 Å². The lowest BCUT2D eigenvalue weighted by atomic mass is 10.0. The molecule has 0 bridgehead atoms. The lowest BCUT2D eigenvalue weighted by molar-refractivity contribution is 0.959. The van der Waals surface area contributed by atoms with Crippen LogP contribution in [0.25, 0.3) is 33.1 Å². The first-order chi connectivity index (χ1) is 8.93. The second-order valence-corrected chi connectivity index (χ2v) is 4.14. The van der Waals surface area contributed by atoms with Crippen LogP contribution in [0.1, 0.15) is 0 Å². The molecule has 5 nitrogen and oxygen atoms in total. The fraction of sp³-hybridized carbons (Fsp3) is 0. The van der Waals surface area contributed by atoms with Gasteiger partial charge in [-0.2, -0.15) is 20.5 Å². The third kappa shape index (κ3) is 1.18. The van der Waals surface area contributed by atoms with Gasteiger partial charge in [0.2, 0.25) is 0 Å². The number of hydrogen-bond donors (Lipinski definition) is 2. The number of nitrogens with one attached hydrogen (secondary N) is 2. The average molecular weight is 235 g/mol. The van der Waals surface area contributed by atoms with E-state index in [-0.39, 0.29) is 0 Å². The van der Waals surface area contributed by atoms with Crippen LogP contribution in [-0.4, -0.2) is 25.6 Å². The molecule has 2 aromatic carbocycles. The molecular formula is C13H9N5. The first-order valence-corrected chi connectivity index (χ1v) is 5.65. The summed E-state index contributed by atoms with van der Waals surface area (Å²) in [6.45, 7) is 0. The van der Waals surface area contributed by atoms with Gasteiger partial charge in [0.25, 0.3) is 0 Å². The van der Waals surface area contributed by atoms with Crippen molar-refractivity contribution < 1.29 is 0 Å². The Morgan fingerprint density at radius 1 is 0.889 bits per heavy atom. The van der Waals surface area contributed by atoms with Crippen molar-refractivity contribution in [3.63, 3.8) is 0 Å². The van der Waals surface area contributed by atoms with Crippen molar-refractivity contribution in [3.8, 4) is 11.1 Å². The minimum absolute atomic E-state index is 0.865. The summed E-state index contributed by atoms with van der Waals surface area (Å²) in [6.07, 6.45) is 1.82. The lowest BCUT2D eigenvalue weighted by Gasteiger charge is -2.03. The van der Waals surface area contributed by atoms with Gasteiger partial charge in [-0.05, 0) is 6.07 Å². The molecule has 5 heteroatoms. The van der Waals surface area contributed by atoms with Gasteiger partial charge in [-0.15, -0.1) is 0 Å². The Bertz CT molecular complexity index is 770. The molecule has 0 aliphatic carbocycles. The van der Waals surface area contributed by atoms with Crippen molar-refractivity contribution in [2.45, 2.75) is 0 Å². The SMILES string of the molecule is c1cc(-c2cccc3n[nH]nc23)c2[nH]ncc2c1. The predicted molar refractivity (Wildman–Crippen MR) is 69.0 cm³/mol. The molecule has 18 heavy (non-hydrogen) atoms. The van der Waals surface area contributed by atoms with Gasteiger partial charge in [-0.25, -0.2) is 0 Å². The molecule has 0 fully saturated rings. The Hall–Kier alpha value is -2.69. The number of rotatable bonds is 1. The summed E-state index contributed by atoms with van der Waals surface area (Å²) in [5, 5.41) is 19.2. The molecule has 86 valence electrons. The summed E-state index contributed by atoms with van der Waals surface area (Å²) in [7, 11) is 0. The summed E-state index contributed by atoms with van der Waals surface area (Å²) >= 11 is 0. The third-order valence-electron chi connectivity index (χ3n) is 3.11. The largest absolute Gasteiger partial charge is 0.277 e. The number of benzene rings is 2. The highest BCUT2D eigenvalue weighted by atomic mass is 15.3. The zero-order valence-electron chi connectivity index (χ0n) is 9.38. The van der Waals surface area contributed by atoms with Gasteiger partial charge < -0.3 is 0 Å². The Balaban J connectivity index is 2.13. The predicted octanol–water partition coefficient (Wildman–Crippen LogP) is 2.50. The van der Waals surface area contributed by atoms with Gasteiger partial charge in [-0.3, -0.25) is 5.10 Å². The van der Waals surface area contributed by atoms with Crippen LogP contribution in [0.2, 0.25) is 0 Å². The number of para-hydroxylation sites is 2. The van der Waals surface area contributed by atoms with E-state index in [4.69, 9.17) is 0 Å². The van der Waals surface area contributed by atoms with E-state index < -0.39 is 0 Å². The first-order valence-electron chi connectivity index (χ1n) is 5.65. The van der Waals surface area contributed by atoms with Crippen LogP contribution in [-0.2, 0) is 0 Å². The molecule has 0 unspecified atom stereocenters. The zero-order chi connectivity index (χ0) is 11.9. The maximum atomic E-state index is 4.22. The number of aromatic amines is 2. The highest BCUT2D eigenvalue weighted by Gasteiger charge is 2.10. The molecule has 0 saturated heterocycles. The molecule has 2 heterocycles. The summed E-state index contributed by atoms with van der Waals surface area (Å²) in [5.41, 5.74) is 4.90. The van der Waals surface area contributed by atoms with E-state index in [9.17, 15) is 0 Å². The maximum absolute atomic E-state index is 4.22. The molecule has 4 rings (SSSR count). The molecule has 2 N–H and O–H groups in total. The van der Waals surface area contributed by atoms with Crippen LogP contribution >= 0.6 is 0 Å². The van der Waals surface area contributed by atoms with Gasteiger partial charge >= 0.3 is 0 Å². The van der Waals surface area contributed by atoms with E-state index >= 15 is 0 Å². The Kier molecular flexibility index (Phi) is 1.77. The van der Waals surface area contributed by atoms with Crippen molar-refractivity contribution in [1.82, 2.24) is 25.6 Å². The van der Waals surface area contributed by atoms with E-state index in [1.165, 1.54) is 0 Å². The standard InChI is InChI=1S/C13H9N5/c1-3-8-7-14-16-12(8)9(4-1)10-5-2-6-11-13(10)17-18-15-11/h1-7H,(H,14,16)(H,15,17,18). The molecule has 4 aromatic rings. The zero-order valence-corrected chi connectivity index (χ0v) is 9.38. The van der Waals surface area contributed by atoms with E-state index in [2.05, 4.69) is 31.7 Å². The second-order valence-electron chi connectivity index (χ2n) is 4.14. The molecule has 0 spiro atoms. The minimum Gasteiger partial charge on any atom is -0.277 e. The fourth-order valence-corrected chi connectivity index (χ4v) is 2.28. The first kappa shape index (κ1) is 9.35. The fourth-order valence-electron chi connectivity index (χ4n) is 2.28. The summed E-state index contributed by atoms with van der Waals surface area (Å²) < 4.78 is 0. The van der Waals surface area contributed by atoms with E-state index in [1.807, 2.05) is 36.5 Å². The molecule has 0 atom stereocenters. The number of H-pyrrole nitrogens is 2. The normalized spacial score (nSPS) is 11.3. The maximum Gasteiger partial charge on any atom is 0.120 e. The number of hydrogen-bond acceptors (Lipinski definition) is 3. The van der Waals surface area contributed by atoms with Gasteiger partial charge in [0, 0.05) is 16.5 Å². The molecule has 0 aliphatic heterocycles. The quantitative estimate of drug-likeness (QED) is 0.532. The summed E-state index contributed by atoms with van der Waals surface area (Å²) in [4.78, 5) is 0. The van der Waals surface area contributed by atoms with E-state index in [0.717, 1.165) is 33.1 Å². The topological polar surface area (TPSA) is 70.2 Å². The lowest BCUT2D eigenvalue weighted by Crippen LogP contribution is -1.83. The van der Waals surface area contributed by atoms with Crippen LogP contribution in [0.4, 0.5) is 0 Å². The molecule has 0 saturated carbocycles. The Morgan fingerprint density at radius 2 is 1.78 bits per heavy atom. The van der Waals surface area contributed by atoms with Crippen molar-refractivity contribution in [2.75, 3.05) is 0 Å². The highest BCUT2D eigenvalue weighted by Crippen LogP contribution is 2.30. The summed E-state index contributed by atoms with van der Waals surface area (Å²) in [6, 6.07) is 12.1. The van der Waals surface area contributed by atoms with Crippen LogP contribution in [0.5, 0.6) is 0 Å². The van der Waals surface area contributed by atoms with Crippen LogP contribution < -0.4 is 0 Å². The monoisotopic (exact) mass is 235 g/mol. The van der Waals surface area contributed by atoms with Gasteiger partial charge in [0.1, 0.15) is 11.0 Å². The average Bonchev–Trinajstić information content (AvgIpc) is 3.06. The van der Waals surface area contributed by atoms with Crippen molar-refractivity contribution >= 4 is 21.9 Å². The van der Waals surface area contributed by atoms with Crippen LogP contribution in [0.3, 0.4) is 0 Å². The van der Waals surface area contributed by atoms with E-state index in [1.54, 1.807) is 0 Å². The molecule has 0 aliphatic rings. The third-order valence-corrected chi connectivity index (χ3v) is 3.11. The second kappa shape index (κ2) is 3.40. The molecular weight excluding hydrogens is 226 g/mol. The Morgan fingerprint density at radius 3 is 2.78 bits per heavy atom. The number of nitrogens with zero attached hydrogens (tertiary/aromatic N) is 3. The molecule has 0 amide bonds. The number of aromatic nitrogens is 5. The van der Waals surface area contributed by atoms with Crippen molar-refractivity contribution in [3.05, 3.63) is 42.6 Å². The highest BCUT2D eigenvalue weighted by molar-refractivity contribution is 6.01. The van der Waals surface area contributed by atoms with Crippen LogP contribution in [0, 0.1) is 0 Å². The van der Waals surface area contributed by atoms with Gasteiger partial charge in [-0.1, -0.05) is 30.3 Å². The Labute approximate surface area is 102 Å². The smallest absolute Gasteiger partial charge is 0.120 e. The van der Waals surface area contributed by atoms with Crippen molar-refractivity contribution in [2.24, 2.45) is 0 Å².